The third kappa shape index (κ3) is 3.31. The van der Waals surface area contributed by atoms with E-state index in [2.05, 4.69) is 17.2 Å². The number of hydrogen-bond acceptors (Lipinski definition) is 3. The van der Waals surface area contributed by atoms with Crippen LogP contribution in [-0.4, -0.2) is 17.5 Å². The largest absolute Gasteiger partial charge is 0.334 e. The van der Waals surface area contributed by atoms with E-state index in [9.17, 15) is 14.9 Å². The maximum absolute atomic E-state index is 11.4. The van der Waals surface area contributed by atoms with E-state index in [1.807, 2.05) is 0 Å². The van der Waals surface area contributed by atoms with E-state index in [4.69, 9.17) is 0 Å². The smallest absolute Gasteiger partial charge is 0.319 e. The standard InChI is InChI=1S/C12H15N3O3/c1-4-5-13-12(16)14-10-7-11(15(17)18)9(3)6-8(10)2/h4,6-7H,1,5H2,2-3H3,(H2,13,14,16). The minimum absolute atomic E-state index is 0.0142. The van der Waals surface area contributed by atoms with E-state index in [1.54, 1.807) is 26.0 Å². The number of benzene rings is 1. The molecule has 1 aromatic carbocycles. The van der Waals surface area contributed by atoms with Crippen molar-refractivity contribution >= 4 is 17.4 Å². The summed E-state index contributed by atoms with van der Waals surface area (Å²) in [7, 11) is 0. The van der Waals surface area contributed by atoms with E-state index >= 15 is 0 Å². The number of nitro groups is 1. The summed E-state index contributed by atoms with van der Waals surface area (Å²) in [6.07, 6.45) is 1.55. The van der Waals surface area contributed by atoms with Gasteiger partial charge in [0, 0.05) is 18.2 Å². The van der Waals surface area contributed by atoms with Crippen LogP contribution in [0.25, 0.3) is 0 Å². The van der Waals surface area contributed by atoms with Gasteiger partial charge in [-0.2, -0.15) is 0 Å². The molecule has 0 aliphatic rings. The normalized spacial score (nSPS) is 9.67. The van der Waals surface area contributed by atoms with Gasteiger partial charge in [0.1, 0.15) is 0 Å². The molecule has 6 heteroatoms. The molecule has 2 amide bonds. The minimum Gasteiger partial charge on any atom is -0.334 e. The zero-order valence-corrected chi connectivity index (χ0v) is 10.3. The number of nitrogens with zero attached hydrogens (tertiary/aromatic N) is 1. The fourth-order valence-corrected chi connectivity index (χ4v) is 1.50. The van der Waals surface area contributed by atoms with E-state index in [1.165, 1.54) is 6.07 Å². The van der Waals surface area contributed by atoms with Crippen molar-refractivity contribution < 1.29 is 9.72 Å². The third-order valence-electron chi connectivity index (χ3n) is 2.39. The average molecular weight is 249 g/mol. The molecule has 2 N–H and O–H groups in total. The number of hydrogen-bond donors (Lipinski definition) is 2. The number of rotatable bonds is 4. The number of carbonyl (C=O) groups is 1. The second-order valence-corrected chi connectivity index (χ2v) is 3.83. The topological polar surface area (TPSA) is 84.3 Å². The van der Waals surface area contributed by atoms with Gasteiger partial charge in [0.25, 0.3) is 5.69 Å². The second kappa shape index (κ2) is 5.81. The monoisotopic (exact) mass is 249 g/mol. The van der Waals surface area contributed by atoms with Crippen LogP contribution in [0.5, 0.6) is 0 Å². The summed E-state index contributed by atoms with van der Waals surface area (Å²) in [5.41, 5.74) is 1.75. The number of carbonyl (C=O) groups excluding carboxylic acids is 1. The first-order valence-corrected chi connectivity index (χ1v) is 5.37. The van der Waals surface area contributed by atoms with Crippen molar-refractivity contribution in [3.63, 3.8) is 0 Å². The van der Waals surface area contributed by atoms with Gasteiger partial charge < -0.3 is 10.6 Å². The molecule has 0 heterocycles. The van der Waals surface area contributed by atoms with Crippen molar-refractivity contribution in [1.29, 1.82) is 0 Å². The first-order chi connectivity index (χ1) is 8.45. The second-order valence-electron chi connectivity index (χ2n) is 3.83. The highest BCUT2D eigenvalue weighted by molar-refractivity contribution is 5.90. The lowest BCUT2D eigenvalue weighted by Crippen LogP contribution is -2.28. The Bertz CT molecular complexity index is 498. The molecule has 0 aliphatic heterocycles. The van der Waals surface area contributed by atoms with Gasteiger partial charge in [-0.25, -0.2) is 4.79 Å². The highest BCUT2D eigenvalue weighted by Gasteiger charge is 2.14. The van der Waals surface area contributed by atoms with Crippen molar-refractivity contribution in [2.24, 2.45) is 0 Å². The van der Waals surface area contributed by atoms with E-state index < -0.39 is 11.0 Å². The average Bonchev–Trinajstić information content (AvgIpc) is 2.29. The first kappa shape index (κ1) is 13.7. The van der Waals surface area contributed by atoms with Crippen LogP contribution in [0.3, 0.4) is 0 Å². The van der Waals surface area contributed by atoms with Crippen LogP contribution in [0.15, 0.2) is 24.8 Å². The highest BCUT2D eigenvalue weighted by atomic mass is 16.6. The van der Waals surface area contributed by atoms with E-state index in [0.29, 0.717) is 17.8 Å². The molecule has 1 aromatic rings. The van der Waals surface area contributed by atoms with Crippen LogP contribution in [0, 0.1) is 24.0 Å². The molecule has 18 heavy (non-hydrogen) atoms. The summed E-state index contributed by atoms with van der Waals surface area (Å²) in [6.45, 7) is 7.24. The zero-order valence-electron chi connectivity index (χ0n) is 10.3. The molecule has 0 saturated carbocycles. The molecule has 0 saturated heterocycles. The van der Waals surface area contributed by atoms with Crippen molar-refractivity contribution in [3.05, 3.63) is 46.0 Å². The quantitative estimate of drug-likeness (QED) is 0.488. The maximum atomic E-state index is 11.4. The molecular formula is C12H15N3O3. The van der Waals surface area contributed by atoms with Gasteiger partial charge in [0.15, 0.2) is 0 Å². The summed E-state index contributed by atoms with van der Waals surface area (Å²) < 4.78 is 0. The number of amides is 2. The summed E-state index contributed by atoms with van der Waals surface area (Å²) >= 11 is 0. The van der Waals surface area contributed by atoms with E-state index in [-0.39, 0.29) is 5.69 Å². The van der Waals surface area contributed by atoms with Crippen LogP contribution in [0.4, 0.5) is 16.2 Å². The van der Waals surface area contributed by atoms with Gasteiger partial charge in [-0.3, -0.25) is 10.1 Å². The summed E-state index contributed by atoms with van der Waals surface area (Å²) in [4.78, 5) is 21.8. The summed E-state index contributed by atoms with van der Waals surface area (Å²) in [5.74, 6) is 0. The molecule has 0 aromatic heterocycles. The van der Waals surface area contributed by atoms with Crippen molar-refractivity contribution in [2.75, 3.05) is 11.9 Å². The molecule has 0 atom stereocenters. The van der Waals surface area contributed by atoms with Gasteiger partial charge in [-0.15, -0.1) is 6.58 Å². The minimum atomic E-state index is -0.471. The molecule has 0 radical (unpaired) electrons. The third-order valence-corrected chi connectivity index (χ3v) is 2.39. The lowest BCUT2D eigenvalue weighted by Gasteiger charge is -2.10. The molecular weight excluding hydrogens is 234 g/mol. The fourth-order valence-electron chi connectivity index (χ4n) is 1.50. The van der Waals surface area contributed by atoms with Crippen LogP contribution in [0.2, 0.25) is 0 Å². The van der Waals surface area contributed by atoms with Gasteiger partial charge in [-0.05, 0) is 25.5 Å². The molecule has 96 valence electrons. The van der Waals surface area contributed by atoms with Gasteiger partial charge in [0.05, 0.1) is 10.6 Å². The Morgan fingerprint density at radius 2 is 2.11 bits per heavy atom. The molecule has 0 fully saturated rings. The Morgan fingerprint density at radius 1 is 1.44 bits per heavy atom. The predicted octanol–water partition coefficient (Wildman–Crippen LogP) is 2.52. The Labute approximate surface area is 105 Å². The molecule has 0 bridgehead atoms. The summed E-state index contributed by atoms with van der Waals surface area (Å²) in [5, 5.41) is 15.9. The van der Waals surface area contributed by atoms with Gasteiger partial charge in [0.2, 0.25) is 0 Å². The van der Waals surface area contributed by atoms with Gasteiger partial charge in [-0.1, -0.05) is 6.08 Å². The Morgan fingerprint density at radius 3 is 2.67 bits per heavy atom. The molecule has 1 rings (SSSR count). The lowest BCUT2D eigenvalue weighted by atomic mass is 10.1. The zero-order chi connectivity index (χ0) is 13.7. The Hall–Kier alpha value is -2.37. The van der Waals surface area contributed by atoms with Crippen molar-refractivity contribution in [2.45, 2.75) is 13.8 Å². The number of urea groups is 1. The molecule has 0 spiro atoms. The summed E-state index contributed by atoms with van der Waals surface area (Å²) in [6, 6.07) is 2.61. The van der Waals surface area contributed by atoms with Crippen LogP contribution in [0.1, 0.15) is 11.1 Å². The maximum Gasteiger partial charge on any atom is 0.319 e. The van der Waals surface area contributed by atoms with Crippen LogP contribution < -0.4 is 10.6 Å². The lowest BCUT2D eigenvalue weighted by molar-refractivity contribution is -0.385. The Kier molecular flexibility index (Phi) is 4.42. The van der Waals surface area contributed by atoms with Crippen LogP contribution >= 0.6 is 0 Å². The van der Waals surface area contributed by atoms with Gasteiger partial charge >= 0.3 is 6.03 Å². The van der Waals surface area contributed by atoms with E-state index in [0.717, 1.165) is 5.56 Å². The Balaban J connectivity index is 2.95. The van der Waals surface area contributed by atoms with Crippen molar-refractivity contribution in [1.82, 2.24) is 5.32 Å². The number of aryl methyl sites for hydroxylation is 2. The van der Waals surface area contributed by atoms with Crippen LogP contribution in [-0.2, 0) is 0 Å². The molecule has 0 aliphatic carbocycles. The molecule has 6 nitrogen and oxygen atoms in total. The predicted molar refractivity (Wildman–Crippen MR) is 69.8 cm³/mol. The number of anilines is 1. The molecule has 0 unspecified atom stereocenters. The first-order valence-electron chi connectivity index (χ1n) is 5.37. The number of nitrogens with one attached hydrogen (secondary N) is 2. The highest BCUT2D eigenvalue weighted by Crippen LogP contribution is 2.26. The number of nitro benzene ring substituents is 1. The fraction of sp³-hybridized carbons (Fsp3) is 0.250. The SMILES string of the molecule is C=CCNC(=O)Nc1cc([N+](=O)[O-])c(C)cc1C. The van der Waals surface area contributed by atoms with Crippen molar-refractivity contribution in [3.8, 4) is 0 Å².